The van der Waals surface area contributed by atoms with Crippen LogP contribution in [-0.2, 0) is 17.9 Å². The average molecular weight is 328 g/mol. The maximum atomic E-state index is 10.7. The highest BCUT2D eigenvalue weighted by Gasteiger charge is 2.20. The lowest BCUT2D eigenvalue weighted by molar-refractivity contribution is 0.165. The van der Waals surface area contributed by atoms with E-state index in [1.165, 1.54) is 21.9 Å². The van der Waals surface area contributed by atoms with Gasteiger partial charge in [0.2, 0.25) is 0 Å². The molecule has 2 N–H and O–H groups in total. The number of carboxylic acid groups (broad SMARTS) is 1. The molecule has 1 fully saturated rings. The molecule has 5 nitrogen and oxygen atoms in total. The Kier molecular flexibility index (Phi) is 5.33. The highest BCUT2D eigenvalue weighted by Crippen LogP contribution is 2.21. The first kappa shape index (κ1) is 16.7. The van der Waals surface area contributed by atoms with E-state index < -0.39 is 6.09 Å². The Morgan fingerprint density at radius 3 is 2.50 bits per heavy atom. The standard InChI is InChI=1S/C19H24N2O3/c1-24-13-15-3-5-16-4-2-14(10-17(16)11-15)12-21-8-6-18(7-9-21)20-19(22)23/h2-5,10-11,18,20H,6-9,12-13H2,1H3,(H,22,23). The lowest BCUT2D eigenvalue weighted by Gasteiger charge is -2.31. The number of fused-ring (bicyclic) bond motifs is 1. The predicted octanol–water partition coefficient (Wildman–Crippen LogP) is 3.22. The van der Waals surface area contributed by atoms with E-state index in [0.29, 0.717) is 6.61 Å². The van der Waals surface area contributed by atoms with E-state index in [-0.39, 0.29) is 6.04 Å². The van der Waals surface area contributed by atoms with Gasteiger partial charge in [0.15, 0.2) is 0 Å². The smallest absolute Gasteiger partial charge is 0.404 e. The average Bonchev–Trinajstić information content (AvgIpc) is 2.56. The van der Waals surface area contributed by atoms with Crippen LogP contribution in [0.5, 0.6) is 0 Å². The molecule has 128 valence electrons. The molecular formula is C19H24N2O3. The molecule has 0 radical (unpaired) electrons. The molecule has 0 bridgehead atoms. The normalized spacial score (nSPS) is 16.4. The number of benzene rings is 2. The monoisotopic (exact) mass is 328 g/mol. The molecule has 0 spiro atoms. The largest absolute Gasteiger partial charge is 0.465 e. The summed E-state index contributed by atoms with van der Waals surface area (Å²) < 4.78 is 5.21. The van der Waals surface area contributed by atoms with Crippen molar-refractivity contribution in [3.63, 3.8) is 0 Å². The number of likely N-dealkylation sites (tertiary alicyclic amines) is 1. The number of carbonyl (C=O) groups is 1. The van der Waals surface area contributed by atoms with Gasteiger partial charge in [-0.3, -0.25) is 4.90 Å². The van der Waals surface area contributed by atoms with Crippen LogP contribution in [0.1, 0.15) is 24.0 Å². The first-order valence-corrected chi connectivity index (χ1v) is 8.36. The van der Waals surface area contributed by atoms with Crippen LogP contribution < -0.4 is 5.32 Å². The van der Waals surface area contributed by atoms with Crippen molar-refractivity contribution < 1.29 is 14.6 Å². The molecule has 24 heavy (non-hydrogen) atoms. The van der Waals surface area contributed by atoms with Crippen LogP contribution in [0.25, 0.3) is 10.8 Å². The van der Waals surface area contributed by atoms with Gasteiger partial charge in [-0.1, -0.05) is 24.3 Å². The molecule has 1 amide bonds. The lowest BCUT2D eigenvalue weighted by atomic mass is 10.0. The van der Waals surface area contributed by atoms with E-state index in [1.54, 1.807) is 7.11 Å². The van der Waals surface area contributed by atoms with Crippen LogP contribution in [0.3, 0.4) is 0 Å². The molecule has 2 aromatic carbocycles. The SMILES string of the molecule is COCc1ccc2ccc(CN3CCC(NC(=O)O)CC3)cc2c1. The fraction of sp³-hybridized carbons (Fsp3) is 0.421. The Hall–Kier alpha value is -2.11. The second kappa shape index (κ2) is 7.64. The number of amides is 1. The maximum Gasteiger partial charge on any atom is 0.404 e. The molecule has 1 aliphatic rings. The van der Waals surface area contributed by atoms with Gasteiger partial charge in [0.05, 0.1) is 6.61 Å². The molecule has 0 aromatic heterocycles. The van der Waals surface area contributed by atoms with Crippen molar-refractivity contribution in [1.29, 1.82) is 0 Å². The number of rotatable bonds is 5. The van der Waals surface area contributed by atoms with Crippen molar-refractivity contribution in [1.82, 2.24) is 10.2 Å². The second-order valence-corrected chi connectivity index (χ2v) is 6.45. The second-order valence-electron chi connectivity index (χ2n) is 6.45. The van der Waals surface area contributed by atoms with Gasteiger partial charge in [0, 0.05) is 32.8 Å². The minimum absolute atomic E-state index is 0.0898. The van der Waals surface area contributed by atoms with Crippen LogP contribution in [-0.4, -0.2) is 42.3 Å². The van der Waals surface area contributed by atoms with Crippen molar-refractivity contribution in [3.8, 4) is 0 Å². The third-order valence-corrected chi connectivity index (χ3v) is 4.60. The van der Waals surface area contributed by atoms with Crippen LogP contribution in [0, 0.1) is 0 Å². The van der Waals surface area contributed by atoms with Crippen LogP contribution in [0.2, 0.25) is 0 Å². The summed E-state index contributed by atoms with van der Waals surface area (Å²) in [5.74, 6) is 0. The van der Waals surface area contributed by atoms with Gasteiger partial charge in [-0.15, -0.1) is 0 Å². The molecule has 0 saturated carbocycles. The number of piperidine rings is 1. The summed E-state index contributed by atoms with van der Waals surface area (Å²) in [7, 11) is 1.71. The number of hydrogen-bond donors (Lipinski definition) is 2. The minimum Gasteiger partial charge on any atom is -0.465 e. The number of ether oxygens (including phenoxy) is 1. The summed E-state index contributed by atoms with van der Waals surface area (Å²) in [6.45, 7) is 3.38. The quantitative estimate of drug-likeness (QED) is 0.885. The molecular weight excluding hydrogens is 304 g/mol. The van der Waals surface area contributed by atoms with E-state index in [1.807, 2.05) is 0 Å². The Morgan fingerprint density at radius 2 is 1.83 bits per heavy atom. The Balaban J connectivity index is 1.64. The van der Waals surface area contributed by atoms with Gasteiger partial charge in [0.25, 0.3) is 0 Å². The summed E-state index contributed by atoms with van der Waals surface area (Å²) in [5.41, 5.74) is 2.48. The molecule has 2 aromatic rings. The third kappa shape index (κ3) is 4.24. The third-order valence-electron chi connectivity index (χ3n) is 4.60. The molecule has 0 atom stereocenters. The van der Waals surface area contributed by atoms with Gasteiger partial charge in [0.1, 0.15) is 0 Å². The predicted molar refractivity (Wildman–Crippen MR) is 94.1 cm³/mol. The van der Waals surface area contributed by atoms with Gasteiger partial charge in [-0.05, 0) is 46.9 Å². The summed E-state index contributed by atoms with van der Waals surface area (Å²) in [5, 5.41) is 13.9. The zero-order chi connectivity index (χ0) is 16.9. The van der Waals surface area contributed by atoms with Crippen molar-refractivity contribution in [3.05, 3.63) is 47.5 Å². The van der Waals surface area contributed by atoms with Crippen molar-refractivity contribution in [2.45, 2.75) is 32.0 Å². The summed E-state index contributed by atoms with van der Waals surface area (Å²) in [4.78, 5) is 13.1. The van der Waals surface area contributed by atoms with Crippen molar-refractivity contribution >= 4 is 16.9 Å². The number of nitrogens with zero attached hydrogens (tertiary/aromatic N) is 1. The molecule has 0 unspecified atom stereocenters. The molecule has 3 rings (SSSR count). The van der Waals surface area contributed by atoms with E-state index in [2.05, 4.69) is 46.6 Å². The number of nitrogens with one attached hydrogen (secondary N) is 1. The number of methoxy groups -OCH3 is 1. The van der Waals surface area contributed by atoms with Crippen LogP contribution >= 0.6 is 0 Å². The lowest BCUT2D eigenvalue weighted by Crippen LogP contribution is -2.43. The summed E-state index contributed by atoms with van der Waals surface area (Å²) >= 11 is 0. The van der Waals surface area contributed by atoms with Crippen LogP contribution in [0.4, 0.5) is 4.79 Å². The summed E-state index contributed by atoms with van der Waals surface area (Å²) in [6, 6.07) is 13.1. The Morgan fingerprint density at radius 1 is 1.17 bits per heavy atom. The molecule has 5 heteroatoms. The number of hydrogen-bond acceptors (Lipinski definition) is 3. The maximum absolute atomic E-state index is 10.7. The van der Waals surface area contributed by atoms with Crippen LogP contribution in [0.15, 0.2) is 36.4 Å². The van der Waals surface area contributed by atoms with E-state index in [0.717, 1.165) is 32.5 Å². The van der Waals surface area contributed by atoms with E-state index in [4.69, 9.17) is 9.84 Å². The first-order chi connectivity index (χ1) is 11.6. The molecule has 1 heterocycles. The van der Waals surface area contributed by atoms with Gasteiger partial charge in [-0.2, -0.15) is 0 Å². The Labute approximate surface area is 142 Å². The zero-order valence-corrected chi connectivity index (χ0v) is 14.0. The first-order valence-electron chi connectivity index (χ1n) is 8.36. The molecule has 0 aliphatic carbocycles. The Bertz CT molecular complexity index is 709. The van der Waals surface area contributed by atoms with E-state index in [9.17, 15) is 4.79 Å². The highest BCUT2D eigenvalue weighted by atomic mass is 16.5. The van der Waals surface area contributed by atoms with Gasteiger partial charge >= 0.3 is 6.09 Å². The zero-order valence-electron chi connectivity index (χ0n) is 14.0. The fourth-order valence-electron chi connectivity index (χ4n) is 3.37. The fourth-order valence-corrected chi connectivity index (χ4v) is 3.37. The van der Waals surface area contributed by atoms with Gasteiger partial charge in [-0.25, -0.2) is 4.79 Å². The minimum atomic E-state index is -0.921. The van der Waals surface area contributed by atoms with Gasteiger partial charge < -0.3 is 15.2 Å². The van der Waals surface area contributed by atoms with Crippen molar-refractivity contribution in [2.75, 3.05) is 20.2 Å². The molecule has 1 aliphatic heterocycles. The van der Waals surface area contributed by atoms with Crippen molar-refractivity contribution in [2.24, 2.45) is 0 Å². The van der Waals surface area contributed by atoms with E-state index >= 15 is 0 Å². The highest BCUT2D eigenvalue weighted by molar-refractivity contribution is 5.83. The summed E-state index contributed by atoms with van der Waals surface area (Å²) in [6.07, 6.45) is 0.824. The topological polar surface area (TPSA) is 61.8 Å². The molecule has 1 saturated heterocycles.